The van der Waals surface area contributed by atoms with Crippen molar-refractivity contribution in [3.63, 3.8) is 0 Å². The van der Waals surface area contributed by atoms with Gasteiger partial charge in [-0.25, -0.2) is 4.18 Å². The van der Waals surface area contributed by atoms with Crippen LogP contribution in [0.1, 0.15) is 13.8 Å². The van der Waals surface area contributed by atoms with Gasteiger partial charge in [0, 0.05) is 13.2 Å². The van der Waals surface area contributed by atoms with Crippen molar-refractivity contribution in [2.45, 2.75) is 13.8 Å². The quantitative estimate of drug-likeness (QED) is 0.576. The van der Waals surface area contributed by atoms with Gasteiger partial charge >= 0.3 is 10.4 Å². The van der Waals surface area contributed by atoms with Gasteiger partial charge in [-0.15, -0.1) is 19.7 Å². The molecule has 0 radical (unpaired) electrons. The maximum absolute atomic E-state index is 9.68. The Balaban J connectivity index is -0.0000000786. The minimum absolute atomic E-state index is 0. The molecule has 0 atom stereocenters. The van der Waals surface area contributed by atoms with Gasteiger partial charge in [-0.05, 0) is 13.8 Å². The van der Waals surface area contributed by atoms with Gasteiger partial charge in [-0.1, -0.05) is 6.08 Å². The highest BCUT2D eigenvalue weighted by atomic mass is 32.3. The lowest BCUT2D eigenvalue weighted by Crippen LogP contribution is -2.02. The lowest BCUT2D eigenvalue weighted by Gasteiger charge is -1.90. The first-order valence-corrected chi connectivity index (χ1v) is 5.64. The van der Waals surface area contributed by atoms with Crippen LogP contribution in [-0.2, 0) is 19.3 Å². The van der Waals surface area contributed by atoms with E-state index in [1.807, 2.05) is 13.8 Å². The van der Waals surface area contributed by atoms with Gasteiger partial charge in [0.1, 0.15) is 0 Å². The summed E-state index contributed by atoms with van der Waals surface area (Å²) in [7, 11) is -4.26. The number of hydrogen-bond donors (Lipinski definition) is 2. The van der Waals surface area contributed by atoms with E-state index in [0.717, 1.165) is 13.2 Å². The molecule has 6 nitrogen and oxygen atoms in total. The normalized spacial score (nSPS) is 8.44. The van der Waals surface area contributed by atoms with E-state index in [2.05, 4.69) is 23.9 Å². The van der Waals surface area contributed by atoms with Crippen LogP contribution < -0.4 is 6.15 Å². The van der Waals surface area contributed by atoms with Crippen molar-refractivity contribution in [1.29, 1.82) is 0 Å². The predicted molar refractivity (Wildman–Crippen MR) is 66.1 cm³/mol. The molecule has 100 valence electrons. The van der Waals surface area contributed by atoms with Crippen LogP contribution in [0.3, 0.4) is 0 Å². The second kappa shape index (κ2) is 19.8. The summed E-state index contributed by atoms with van der Waals surface area (Å²) in [5.74, 6) is 0. The molecule has 0 saturated heterocycles. The smallest absolute Gasteiger partial charge is 0.382 e. The molecule has 4 N–H and O–H groups in total. The number of ether oxygens (including phenoxy) is 1. The summed E-state index contributed by atoms with van der Waals surface area (Å²) in [6.45, 7) is 14.6. The first-order valence-electron chi connectivity index (χ1n) is 4.28. The molecular weight excluding hydrogens is 234 g/mol. The standard InChI is InChI=1S/C4H10O.C3H6O4S.C2H4.H3N/c1-3-5-4-2;1-2-3-7-8(4,5)6;1-2;/h3-4H2,1-2H3;2H,1,3H2,(H,4,5,6);1-2H2;1H3. The van der Waals surface area contributed by atoms with Crippen molar-refractivity contribution in [2.24, 2.45) is 0 Å². The molecule has 0 bridgehead atoms. The second-order valence-electron chi connectivity index (χ2n) is 1.78. The summed E-state index contributed by atoms with van der Waals surface area (Å²) in [5.41, 5.74) is 0. The van der Waals surface area contributed by atoms with E-state index in [9.17, 15) is 8.42 Å². The molecule has 0 fully saturated rings. The lowest BCUT2D eigenvalue weighted by atomic mass is 10.7. The Morgan fingerprint density at radius 3 is 1.69 bits per heavy atom. The summed E-state index contributed by atoms with van der Waals surface area (Å²) in [6.07, 6.45) is 1.22. The van der Waals surface area contributed by atoms with E-state index in [1.165, 1.54) is 6.08 Å². The molecule has 0 spiro atoms. The van der Waals surface area contributed by atoms with E-state index in [4.69, 9.17) is 9.29 Å². The fourth-order valence-corrected chi connectivity index (χ4v) is 0.606. The summed E-state index contributed by atoms with van der Waals surface area (Å²) in [6, 6.07) is 0. The highest BCUT2D eigenvalue weighted by molar-refractivity contribution is 7.80. The van der Waals surface area contributed by atoms with Crippen molar-refractivity contribution in [3.8, 4) is 0 Å². The number of rotatable bonds is 5. The fourth-order valence-electron chi connectivity index (χ4n) is 0.338. The van der Waals surface area contributed by atoms with Gasteiger partial charge in [-0.2, -0.15) is 8.42 Å². The second-order valence-corrected chi connectivity index (χ2v) is 2.87. The Bertz CT molecular complexity index is 214. The van der Waals surface area contributed by atoms with Gasteiger partial charge < -0.3 is 10.9 Å². The predicted octanol–water partition coefficient (Wildman–Crippen LogP) is 2.00. The van der Waals surface area contributed by atoms with Crippen molar-refractivity contribution >= 4 is 10.4 Å². The summed E-state index contributed by atoms with van der Waals surface area (Å²) < 4.78 is 35.8. The molecule has 0 aromatic carbocycles. The molecule has 7 heteroatoms. The molecule has 0 aliphatic heterocycles. The lowest BCUT2D eigenvalue weighted by molar-refractivity contribution is 0.162. The highest BCUT2D eigenvalue weighted by Gasteiger charge is 1.99. The molecule has 0 aromatic rings. The van der Waals surface area contributed by atoms with Crippen molar-refractivity contribution in [3.05, 3.63) is 25.8 Å². The number of hydrogen-bond acceptors (Lipinski definition) is 5. The molecule has 0 unspecified atom stereocenters. The van der Waals surface area contributed by atoms with Gasteiger partial charge in [0.25, 0.3) is 0 Å². The molecule has 0 rings (SSSR count). The fraction of sp³-hybridized carbons (Fsp3) is 0.556. The molecular formula is C9H23NO5S. The Morgan fingerprint density at radius 2 is 1.62 bits per heavy atom. The monoisotopic (exact) mass is 257 g/mol. The van der Waals surface area contributed by atoms with Crippen LogP contribution in [0.15, 0.2) is 25.8 Å². The van der Waals surface area contributed by atoms with Gasteiger partial charge in [0.15, 0.2) is 0 Å². The van der Waals surface area contributed by atoms with Crippen molar-refractivity contribution in [1.82, 2.24) is 6.15 Å². The minimum Gasteiger partial charge on any atom is -0.382 e. The van der Waals surface area contributed by atoms with Crippen molar-refractivity contribution in [2.75, 3.05) is 19.8 Å². The largest absolute Gasteiger partial charge is 0.397 e. The first-order chi connectivity index (χ1) is 6.97. The van der Waals surface area contributed by atoms with Gasteiger partial charge in [0.2, 0.25) is 0 Å². The molecule has 0 heterocycles. The zero-order chi connectivity index (χ0) is 12.7. The summed E-state index contributed by atoms with van der Waals surface area (Å²) >= 11 is 0. The van der Waals surface area contributed by atoms with Gasteiger partial charge in [0.05, 0.1) is 6.61 Å². The van der Waals surface area contributed by atoms with Crippen LogP contribution >= 0.6 is 0 Å². The van der Waals surface area contributed by atoms with Gasteiger partial charge in [-0.3, -0.25) is 4.55 Å². The SMILES string of the molecule is C=C.C=CCOS(=O)(=O)O.CCOCC.N. The van der Waals surface area contributed by atoms with Crippen LogP contribution in [0.25, 0.3) is 0 Å². The molecule has 0 amide bonds. The molecule has 16 heavy (non-hydrogen) atoms. The third kappa shape index (κ3) is 50.8. The van der Waals surface area contributed by atoms with Crippen molar-refractivity contribution < 1.29 is 21.9 Å². The zero-order valence-corrected chi connectivity index (χ0v) is 10.8. The first kappa shape index (κ1) is 24.5. The Hall–Kier alpha value is -0.730. The third-order valence-electron chi connectivity index (χ3n) is 0.743. The zero-order valence-electron chi connectivity index (χ0n) is 10.0. The Kier molecular flexibility index (Phi) is 30.3. The average molecular weight is 257 g/mol. The minimum atomic E-state index is -4.26. The van der Waals surface area contributed by atoms with E-state index >= 15 is 0 Å². The Labute approximate surface area is 98.5 Å². The summed E-state index contributed by atoms with van der Waals surface area (Å²) in [5, 5.41) is 0. The maximum atomic E-state index is 9.68. The Morgan fingerprint density at radius 1 is 1.25 bits per heavy atom. The van der Waals surface area contributed by atoms with E-state index in [0.29, 0.717) is 0 Å². The summed E-state index contributed by atoms with van der Waals surface area (Å²) in [4.78, 5) is 0. The molecule has 0 aromatic heterocycles. The maximum Gasteiger partial charge on any atom is 0.397 e. The van der Waals surface area contributed by atoms with Crippen LogP contribution in [0.4, 0.5) is 0 Å². The molecule has 0 aliphatic rings. The van der Waals surface area contributed by atoms with E-state index in [1.54, 1.807) is 0 Å². The molecule has 0 saturated carbocycles. The average Bonchev–Trinajstić information content (AvgIpc) is 2.19. The third-order valence-corrected chi connectivity index (χ3v) is 1.18. The highest BCUT2D eigenvalue weighted by Crippen LogP contribution is 1.83. The van der Waals surface area contributed by atoms with E-state index in [-0.39, 0.29) is 12.8 Å². The van der Waals surface area contributed by atoms with Crippen LogP contribution in [0.2, 0.25) is 0 Å². The molecule has 0 aliphatic carbocycles. The van der Waals surface area contributed by atoms with Crippen LogP contribution in [0.5, 0.6) is 0 Å². The topological polar surface area (TPSA) is 108 Å². The van der Waals surface area contributed by atoms with Crippen LogP contribution in [0, 0.1) is 0 Å². The van der Waals surface area contributed by atoms with E-state index < -0.39 is 10.4 Å². The van der Waals surface area contributed by atoms with Crippen LogP contribution in [-0.4, -0.2) is 32.8 Å².